The molecular weight excluding hydrogens is 454 g/mol. The summed E-state index contributed by atoms with van der Waals surface area (Å²) in [5.41, 5.74) is 3.11. The molecule has 1 aliphatic heterocycles. The molecule has 3 atom stereocenters. The number of hydrogen-bond acceptors (Lipinski definition) is 4. The first-order chi connectivity index (χ1) is 16.3. The van der Waals surface area contributed by atoms with Gasteiger partial charge in [0.25, 0.3) is 5.91 Å². The molecule has 1 aliphatic carbocycles. The Labute approximate surface area is 205 Å². The number of halogens is 1. The maximum atomic E-state index is 12.6. The lowest BCUT2D eigenvalue weighted by molar-refractivity contribution is -0.139. The lowest BCUT2D eigenvalue weighted by atomic mass is 9.91. The Bertz CT molecular complexity index is 1060. The summed E-state index contributed by atoms with van der Waals surface area (Å²) in [5.74, 6) is -0.0149. The fraction of sp³-hybridized carbons (Fsp3) is 0.481. The average molecular weight is 486 g/mol. The number of hydrogen-bond donors (Lipinski definition) is 1. The lowest BCUT2D eigenvalue weighted by Crippen LogP contribution is -2.37. The van der Waals surface area contributed by atoms with Crippen LogP contribution in [0.25, 0.3) is 11.1 Å². The highest BCUT2D eigenvalue weighted by Crippen LogP contribution is 2.63. The third-order valence-corrected chi connectivity index (χ3v) is 7.82. The van der Waals surface area contributed by atoms with Crippen LogP contribution >= 0.6 is 11.6 Å². The van der Waals surface area contributed by atoms with Gasteiger partial charge in [0.15, 0.2) is 0 Å². The Morgan fingerprint density at radius 2 is 2.00 bits per heavy atom. The van der Waals surface area contributed by atoms with Gasteiger partial charge in [-0.3, -0.25) is 4.79 Å². The van der Waals surface area contributed by atoms with Crippen molar-refractivity contribution in [2.24, 2.45) is 5.41 Å². The Morgan fingerprint density at radius 1 is 1.26 bits per heavy atom. The number of amides is 1. The number of carbonyl (C=O) groups excluding carboxylic acids is 1. The van der Waals surface area contributed by atoms with Crippen molar-refractivity contribution < 1.29 is 24.2 Å². The normalized spacial score (nSPS) is 23.5. The number of likely N-dealkylation sites (N-methyl/N-ethyl adjacent to an activating group) is 1. The van der Waals surface area contributed by atoms with E-state index >= 15 is 0 Å². The maximum Gasteiger partial charge on any atom is 0.335 e. The second-order valence-electron chi connectivity index (χ2n) is 9.45. The highest BCUT2D eigenvalue weighted by Gasteiger charge is 2.52. The van der Waals surface area contributed by atoms with Gasteiger partial charge in [0.2, 0.25) is 0 Å². The number of ether oxygens (including phenoxy) is 2. The molecule has 0 radical (unpaired) electrons. The number of carboxylic acids is 1. The molecule has 1 saturated heterocycles. The van der Waals surface area contributed by atoms with E-state index in [2.05, 4.69) is 19.1 Å². The van der Waals surface area contributed by atoms with Gasteiger partial charge in [-0.2, -0.15) is 0 Å². The second-order valence-corrected chi connectivity index (χ2v) is 9.86. The Hall–Kier alpha value is -2.57. The van der Waals surface area contributed by atoms with Gasteiger partial charge in [-0.1, -0.05) is 42.8 Å². The van der Waals surface area contributed by atoms with Gasteiger partial charge in [-0.05, 0) is 66.7 Å². The van der Waals surface area contributed by atoms with E-state index in [-0.39, 0.29) is 28.0 Å². The molecule has 0 spiro atoms. The number of nitrogens with zero attached hydrogens (tertiary/aromatic N) is 1. The van der Waals surface area contributed by atoms with Crippen molar-refractivity contribution in [2.45, 2.75) is 51.0 Å². The molecule has 1 amide bonds. The molecular formula is C27H32ClNO5. The van der Waals surface area contributed by atoms with Crippen molar-refractivity contribution in [3.05, 3.63) is 52.5 Å². The van der Waals surface area contributed by atoms with Crippen molar-refractivity contribution in [2.75, 3.05) is 27.3 Å². The van der Waals surface area contributed by atoms with Gasteiger partial charge < -0.3 is 19.5 Å². The van der Waals surface area contributed by atoms with E-state index in [0.29, 0.717) is 23.8 Å². The first-order valence-electron chi connectivity index (χ1n) is 11.9. The quantitative estimate of drug-likeness (QED) is 0.498. The van der Waals surface area contributed by atoms with Crippen LogP contribution in [0.1, 0.15) is 60.9 Å². The number of carboxylic acid groups (broad SMARTS) is 1. The molecule has 1 saturated carbocycles. The molecule has 182 valence electrons. The Balaban J connectivity index is 1.46. The zero-order valence-corrected chi connectivity index (χ0v) is 20.7. The number of rotatable bonds is 9. The summed E-state index contributed by atoms with van der Waals surface area (Å²) in [6.07, 6.45) is 4.65. The van der Waals surface area contributed by atoms with E-state index in [1.807, 2.05) is 24.1 Å². The van der Waals surface area contributed by atoms with E-state index in [4.69, 9.17) is 21.1 Å². The Morgan fingerprint density at radius 3 is 2.59 bits per heavy atom. The first-order valence-corrected chi connectivity index (χ1v) is 12.2. The number of methoxy groups -OCH3 is 1. The molecule has 2 aromatic carbocycles. The van der Waals surface area contributed by atoms with Crippen molar-refractivity contribution in [3.63, 3.8) is 0 Å². The molecule has 1 N–H and O–H groups in total. The van der Waals surface area contributed by atoms with E-state index in [1.165, 1.54) is 18.7 Å². The highest BCUT2D eigenvalue weighted by atomic mass is 35.5. The van der Waals surface area contributed by atoms with E-state index in [0.717, 1.165) is 44.2 Å². The van der Waals surface area contributed by atoms with Crippen molar-refractivity contribution in [3.8, 4) is 16.9 Å². The zero-order valence-electron chi connectivity index (χ0n) is 20.0. The Kier molecular flexibility index (Phi) is 7.20. The molecule has 6 nitrogen and oxygen atoms in total. The summed E-state index contributed by atoms with van der Waals surface area (Å²) in [5, 5.41) is 9.68. The summed E-state index contributed by atoms with van der Waals surface area (Å²) >= 11 is 6.28. The molecule has 34 heavy (non-hydrogen) atoms. The topological polar surface area (TPSA) is 76.1 Å². The van der Waals surface area contributed by atoms with Crippen molar-refractivity contribution in [1.82, 2.24) is 4.90 Å². The van der Waals surface area contributed by atoms with Gasteiger partial charge in [0.05, 0.1) is 17.7 Å². The minimum absolute atomic E-state index is 0.0986. The maximum absolute atomic E-state index is 12.6. The summed E-state index contributed by atoms with van der Waals surface area (Å²) in [4.78, 5) is 25.9. The van der Waals surface area contributed by atoms with Crippen LogP contribution in [0.3, 0.4) is 0 Å². The van der Waals surface area contributed by atoms with Gasteiger partial charge in [0, 0.05) is 25.8 Å². The number of aromatic carboxylic acids is 1. The summed E-state index contributed by atoms with van der Waals surface area (Å²) in [6.45, 7) is 3.64. The predicted octanol–water partition coefficient (Wildman–Crippen LogP) is 5.63. The van der Waals surface area contributed by atoms with E-state index in [9.17, 15) is 14.7 Å². The van der Waals surface area contributed by atoms with Crippen LogP contribution < -0.4 is 4.74 Å². The number of carbonyl (C=O) groups is 2. The van der Waals surface area contributed by atoms with Crippen LogP contribution in [0, 0.1) is 5.41 Å². The van der Waals surface area contributed by atoms with Gasteiger partial charge in [-0.15, -0.1) is 0 Å². The molecule has 7 heteroatoms. The molecule has 0 aromatic heterocycles. The fourth-order valence-electron chi connectivity index (χ4n) is 5.22. The SMILES string of the molecule is CCC1(CCN(C)C(=O)[C@H]2CCCO2)C[C@@H]1c1ccc(-c2cc(C(=O)O)cc(Cl)c2OC)cc1. The molecule has 2 fully saturated rings. The average Bonchev–Trinajstić information content (AvgIpc) is 3.30. The first kappa shape index (κ1) is 24.6. The zero-order chi connectivity index (χ0) is 24.5. The second kappa shape index (κ2) is 9.96. The molecule has 1 unspecified atom stereocenters. The molecule has 1 heterocycles. The summed E-state index contributed by atoms with van der Waals surface area (Å²) in [7, 11) is 3.41. The van der Waals surface area contributed by atoms with Crippen LogP contribution in [-0.2, 0) is 9.53 Å². The smallest absolute Gasteiger partial charge is 0.335 e. The predicted molar refractivity (Wildman–Crippen MR) is 132 cm³/mol. The van der Waals surface area contributed by atoms with Gasteiger partial charge in [0.1, 0.15) is 11.9 Å². The van der Waals surface area contributed by atoms with E-state index < -0.39 is 5.97 Å². The lowest BCUT2D eigenvalue weighted by Gasteiger charge is -2.24. The third-order valence-electron chi connectivity index (χ3n) is 7.54. The van der Waals surface area contributed by atoms with Crippen LogP contribution in [0.5, 0.6) is 5.75 Å². The van der Waals surface area contributed by atoms with Gasteiger partial charge >= 0.3 is 5.97 Å². The van der Waals surface area contributed by atoms with E-state index in [1.54, 1.807) is 6.07 Å². The van der Waals surface area contributed by atoms with Crippen molar-refractivity contribution >= 4 is 23.5 Å². The molecule has 4 rings (SSSR count). The number of benzene rings is 2. The molecule has 0 bridgehead atoms. The summed E-state index contributed by atoms with van der Waals surface area (Å²) in [6, 6.07) is 11.2. The van der Waals surface area contributed by atoms with Crippen molar-refractivity contribution in [1.29, 1.82) is 0 Å². The minimum Gasteiger partial charge on any atom is -0.495 e. The highest BCUT2D eigenvalue weighted by molar-refractivity contribution is 6.33. The van der Waals surface area contributed by atoms with Gasteiger partial charge in [-0.25, -0.2) is 4.79 Å². The van der Waals surface area contributed by atoms with Crippen LogP contribution in [-0.4, -0.2) is 55.3 Å². The van der Waals surface area contributed by atoms with Crippen LogP contribution in [0.4, 0.5) is 0 Å². The van der Waals surface area contributed by atoms with Crippen LogP contribution in [0.2, 0.25) is 5.02 Å². The largest absolute Gasteiger partial charge is 0.495 e. The molecule has 2 aromatic rings. The minimum atomic E-state index is -1.03. The standard InChI is InChI=1S/C27H32ClNO5/c1-4-27(11-12-29(2)25(30)23-6-5-13-34-23)16-21(27)18-9-7-17(8-10-18)20-14-19(26(31)32)15-22(28)24(20)33-3/h7-10,14-15,21,23H,4-6,11-13,16H2,1-3H3,(H,31,32)/t21-,23-,27?/m1/s1. The fourth-order valence-corrected chi connectivity index (χ4v) is 5.51. The van der Waals surface area contributed by atoms with Crippen LogP contribution in [0.15, 0.2) is 36.4 Å². The third kappa shape index (κ3) is 4.80. The summed E-state index contributed by atoms with van der Waals surface area (Å²) < 4.78 is 11.0. The molecule has 2 aliphatic rings. The monoisotopic (exact) mass is 485 g/mol.